The predicted molar refractivity (Wildman–Crippen MR) is 54.3 cm³/mol. The first kappa shape index (κ1) is 8.54. The number of hydrogen-bond donors (Lipinski definition) is 0. The van der Waals surface area contributed by atoms with E-state index in [1.165, 1.54) is 11.4 Å². The first-order valence-electron chi connectivity index (χ1n) is 4.97. The Bertz CT molecular complexity index is 345. The van der Waals surface area contributed by atoms with Gasteiger partial charge in [0, 0.05) is 24.0 Å². The van der Waals surface area contributed by atoms with Crippen LogP contribution in [-0.2, 0) is 6.42 Å². The predicted octanol–water partition coefficient (Wildman–Crippen LogP) is 2.72. The molecule has 2 rings (SSSR count). The summed E-state index contributed by atoms with van der Waals surface area (Å²) in [5.74, 6) is 0.662. The van der Waals surface area contributed by atoms with Gasteiger partial charge >= 0.3 is 0 Å². The molecule has 1 aliphatic rings. The number of allylic oxidation sites excluding steroid dienone is 2. The Morgan fingerprint density at radius 3 is 2.92 bits per heavy atom. The molecule has 0 bridgehead atoms. The molecule has 70 valence electrons. The Morgan fingerprint density at radius 2 is 2.31 bits per heavy atom. The third kappa shape index (κ3) is 1.21. The fraction of sp³-hybridized carbons (Fsp3) is 0.545. The summed E-state index contributed by atoms with van der Waals surface area (Å²) < 4.78 is 2.25. The van der Waals surface area contributed by atoms with Gasteiger partial charge in [0.25, 0.3) is 0 Å². The highest BCUT2D eigenvalue weighted by atomic mass is 15.1. The van der Waals surface area contributed by atoms with E-state index in [4.69, 9.17) is 0 Å². The number of aromatic nitrogens is 2. The molecule has 0 amide bonds. The summed E-state index contributed by atoms with van der Waals surface area (Å²) in [6.07, 6.45) is 6.12. The van der Waals surface area contributed by atoms with Crippen LogP contribution in [0.25, 0.3) is 5.70 Å². The summed E-state index contributed by atoms with van der Waals surface area (Å²) in [5, 5.41) is 0. The lowest BCUT2D eigenvalue weighted by atomic mass is 9.98. The molecule has 0 saturated carbocycles. The van der Waals surface area contributed by atoms with Gasteiger partial charge in [-0.1, -0.05) is 20.8 Å². The number of imidazole rings is 1. The smallest absolute Gasteiger partial charge is 0.0991 e. The number of hydrogen-bond acceptors (Lipinski definition) is 1. The molecule has 0 fully saturated rings. The Kier molecular flexibility index (Phi) is 1.98. The highest BCUT2D eigenvalue weighted by molar-refractivity contribution is 5.57. The van der Waals surface area contributed by atoms with Gasteiger partial charge in [-0.15, -0.1) is 0 Å². The van der Waals surface area contributed by atoms with Gasteiger partial charge in [0.1, 0.15) is 0 Å². The monoisotopic (exact) mass is 176 g/mol. The van der Waals surface area contributed by atoms with E-state index in [-0.39, 0.29) is 0 Å². The Balaban J connectivity index is 2.45. The van der Waals surface area contributed by atoms with Crippen molar-refractivity contribution >= 4 is 5.70 Å². The van der Waals surface area contributed by atoms with Crippen molar-refractivity contribution in [1.82, 2.24) is 9.55 Å². The lowest BCUT2D eigenvalue weighted by molar-refractivity contribution is 0.748. The summed E-state index contributed by atoms with van der Waals surface area (Å²) in [6.45, 7) is 6.75. The second-order valence-electron chi connectivity index (χ2n) is 3.91. The number of rotatable bonds is 2. The van der Waals surface area contributed by atoms with Crippen molar-refractivity contribution in [2.24, 2.45) is 5.92 Å². The molecule has 0 saturated heterocycles. The fourth-order valence-corrected chi connectivity index (χ4v) is 2.08. The standard InChI is InChI=1S/C11H16N2/c1-4-11-10(8(2)3)5-9-6-12-7-13(9)11/h6-8H,4-5H2,1-3H3. The Morgan fingerprint density at radius 1 is 1.54 bits per heavy atom. The highest BCUT2D eigenvalue weighted by Gasteiger charge is 2.21. The second-order valence-corrected chi connectivity index (χ2v) is 3.91. The average molecular weight is 176 g/mol. The van der Waals surface area contributed by atoms with Crippen molar-refractivity contribution in [1.29, 1.82) is 0 Å². The molecule has 2 nitrogen and oxygen atoms in total. The molecule has 2 heterocycles. The van der Waals surface area contributed by atoms with Crippen LogP contribution in [-0.4, -0.2) is 9.55 Å². The molecule has 0 atom stereocenters. The number of nitrogens with zero attached hydrogens (tertiary/aromatic N) is 2. The van der Waals surface area contributed by atoms with Crippen molar-refractivity contribution in [2.75, 3.05) is 0 Å². The molecule has 1 aliphatic heterocycles. The van der Waals surface area contributed by atoms with Crippen molar-refractivity contribution in [3.63, 3.8) is 0 Å². The van der Waals surface area contributed by atoms with Crippen LogP contribution < -0.4 is 0 Å². The van der Waals surface area contributed by atoms with Crippen LogP contribution in [0, 0.1) is 5.92 Å². The minimum Gasteiger partial charge on any atom is -0.307 e. The van der Waals surface area contributed by atoms with E-state index in [2.05, 4.69) is 30.3 Å². The van der Waals surface area contributed by atoms with E-state index in [0.29, 0.717) is 5.92 Å². The van der Waals surface area contributed by atoms with Crippen molar-refractivity contribution in [2.45, 2.75) is 33.6 Å². The van der Waals surface area contributed by atoms with Gasteiger partial charge in [-0.25, -0.2) is 4.98 Å². The summed E-state index contributed by atoms with van der Waals surface area (Å²) in [6, 6.07) is 0. The SMILES string of the molecule is CCC1=C(C(C)C)Cc2cncn21. The van der Waals surface area contributed by atoms with E-state index in [0.717, 1.165) is 12.8 Å². The van der Waals surface area contributed by atoms with Gasteiger partial charge in [-0.2, -0.15) is 0 Å². The zero-order valence-electron chi connectivity index (χ0n) is 8.54. The second kappa shape index (κ2) is 3.02. The molecule has 0 aromatic carbocycles. The normalized spacial score (nSPS) is 15.7. The Hall–Kier alpha value is -1.05. The van der Waals surface area contributed by atoms with Crippen LogP contribution in [0.15, 0.2) is 18.1 Å². The molecular formula is C11H16N2. The molecule has 1 aromatic heterocycles. The maximum atomic E-state index is 4.16. The van der Waals surface area contributed by atoms with Crippen LogP contribution in [0.3, 0.4) is 0 Å². The van der Waals surface area contributed by atoms with Crippen molar-refractivity contribution < 1.29 is 0 Å². The zero-order chi connectivity index (χ0) is 9.42. The molecule has 0 radical (unpaired) electrons. The quantitative estimate of drug-likeness (QED) is 0.677. The van der Waals surface area contributed by atoms with Crippen LogP contribution in [0.1, 0.15) is 32.9 Å². The van der Waals surface area contributed by atoms with E-state index in [9.17, 15) is 0 Å². The van der Waals surface area contributed by atoms with Crippen LogP contribution in [0.2, 0.25) is 0 Å². The first-order valence-corrected chi connectivity index (χ1v) is 4.97. The van der Waals surface area contributed by atoms with Gasteiger partial charge in [-0.05, 0) is 17.9 Å². The molecule has 1 aromatic rings. The van der Waals surface area contributed by atoms with Gasteiger partial charge in [-0.3, -0.25) is 0 Å². The highest BCUT2D eigenvalue weighted by Crippen LogP contribution is 2.32. The molecule has 0 unspecified atom stereocenters. The minimum atomic E-state index is 0.662. The Labute approximate surface area is 79.3 Å². The zero-order valence-corrected chi connectivity index (χ0v) is 8.54. The lowest BCUT2D eigenvalue weighted by Crippen LogP contribution is -1.97. The van der Waals surface area contributed by atoms with E-state index < -0.39 is 0 Å². The minimum absolute atomic E-state index is 0.662. The average Bonchev–Trinajstić information content (AvgIpc) is 2.60. The summed E-state index contributed by atoms with van der Waals surface area (Å²) >= 11 is 0. The third-order valence-corrected chi connectivity index (χ3v) is 2.78. The van der Waals surface area contributed by atoms with E-state index in [1.54, 1.807) is 5.57 Å². The first-order chi connectivity index (χ1) is 6.24. The molecule has 13 heavy (non-hydrogen) atoms. The largest absolute Gasteiger partial charge is 0.307 e. The van der Waals surface area contributed by atoms with Crippen molar-refractivity contribution in [3.05, 3.63) is 23.8 Å². The lowest BCUT2D eigenvalue weighted by Gasteiger charge is -2.09. The van der Waals surface area contributed by atoms with Gasteiger partial charge in [0.2, 0.25) is 0 Å². The summed E-state index contributed by atoms with van der Waals surface area (Å²) in [5.41, 5.74) is 4.39. The maximum absolute atomic E-state index is 4.16. The third-order valence-electron chi connectivity index (χ3n) is 2.78. The summed E-state index contributed by atoms with van der Waals surface area (Å²) in [4.78, 5) is 4.16. The molecule has 0 aliphatic carbocycles. The maximum Gasteiger partial charge on any atom is 0.0991 e. The van der Waals surface area contributed by atoms with E-state index in [1.807, 2.05) is 12.5 Å². The number of fused-ring (bicyclic) bond motifs is 1. The van der Waals surface area contributed by atoms with Gasteiger partial charge in [0.15, 0.2) is 0 Å². The van der Waals surface area contributed by atoms with Crippen LogP contribution in [0.4, 0.5) is 0 Å². The molecule has 0 N–H and O–H groups in total. The van der Waals surface area contributed by atoms with Crippen LogP contribution in [0.5, 0.6) is 0 Å². The summed E-state index contributed by atoms with van der Waals surface area (Å²) in [7, 11) is 0. The molecule has 2 heteroatoms. The fourth-order valence-electron chi connectivity index (χ4n) is 2.08. The van der Waals surface area contributed by atoms with Crippen molar-refractivity contribution in [3.8, 4) is 0 Å². The van der Waals surface area contributed by atoms with E-state index >= 15 is 0 Å². The van der Waals surface area contributed by atoms with Crippen LogP contribution >= 0.6 is 0 Å². The molecule has 0 spiro atoms. The molecular weight excluding hydrogens is 160 g/mol. The van der Waals surface area contributed by atoms with Gasteiger partial charge < -0.3 is 4.57 Å². The van der Waals surface area contributed by atoms with Gasteiger partial charge in [0.05, 0.1) is 6.33 Å². The topological polar surface area (TPSA) is 17.8 Å².